The summed E-state index contributed by atoms with van der Waals surface area (Å²) < 4.78 is 16.0. The normalized spacial score (nSPS) is 13.8. The minimum Gasteiger partial charge on any atom is -0.497 e. The number of benzene rings is 1. The van der Waals surface area contributed by atoms with Crippen molar-refractivity contribution in [2.45, 2.75) is 26.1 Å². The van der Waals surface area contributed by atoms with Gasteiger partial charge in [0.2, 0.25) is 0 Å². The first-order valence-corrected chi connectivity index (χ1v) is 6.93. The predicted octanol–water partition coefficient (Wildman–Crippen LogP) is 1.45. The van der Waals surface area contributed by atoms with Crippen LogP contribution in [0, 0.1) is 0 Å². The van der Waals surface area contributed by atoms with Crippen molar-refractivity contribution in [2.24, 2.45) is 0 Å². The number of rotatable bonds is 10. The molecule has 0 saturated heterocycles. The number of methoxy groups -OCH3 is 1. The van der Waals surface area contributed by atoms with Gasteiger partial charge in [-0.2, -0.15) is 0 Å². The van der Waals surface area contributed by atoms with E-state index in [4.69, 9.17) is 14.2 Å². The van der Waals surface area contributed by atoms with Crippen molar-refractivity contribution in [3.05, 3.63) is 24.3 Å². The van der Waals surface area contributed by atoms with E-state index in [-0.39, 0.29) is 12.7 Å². The van der Waals surface area contributed by atoms with Crippen LogP contribution in [0.3, 0.4) is 0 Å². The van der Waals surface area contributed by atoms with Crippen LogP contribution in [0.2, 0.25) is 0 Å². The summed E-state index contributed by atoms with van der Waals surface area (Å²) in [5.41, 5.74) is 0. The third-order valence-corrected chi connectivity index (χ3v) is 2.75. The first-order chi connectivity index (χ1) is 9.65. The van der Waals surface area contributed by atoms with Crippen molar-refractivity contribution < 1.29 is 19.3 Å². The summed E-state index contributed by atoms with van der Waals surface area (Å²) in [5, 5.41) is 13.0. The van der Waals surface area contributed by atoms with Gasteiger partial charge in [0, 0.05) is 25.8 Å². The van der Waals surface area contributed by atoms with Gasteiger partial charge in [0.05, 0.1) is 13.2 Å². The molecule has 0 heterocycles. The zero-order chi connectivity index (χ0) is 14.8. The molecule has 2 unspecified atom stereocenters. The average Bonchev–Trinajstić information content (AvgIpc) is 2.45. The molecule has 0 amide bonds. The molecule has 1 aromatic carbocycles. The van der Waals surface area contributed by atoms with Crippen LogP contribution in [0.1, 0.15) is 13.8 Å². The van der Waals surface area contributed by atoms with Gasteiger partial charge in [-0.05, 0) is 26.0 Å². The van der Waals surface area contributed by atoms with Crippen molar-refractivity contribution >= 4 is 0 Å². The molecule has 0 bridgehead atoms. The maximum Gasteiger partial charge on any atom is 0.123 e. The Morgan fingerprint density at radius 2 is 2.00 bits per heavy atom. The molecule has 2 N–H and O–H groups in total. The second-order valence-electron chi connectivity index (χ2n) is 4.57. The molecule has 0 spiro atoms. The molecule has 0 aliphatic heterocycles. The quantitative estimate of drug-likeness (QED) is 0.680. The van der Waals surface area contributed by atoms with Gasteiger partial charge in [0.1, 0.15) is 24.2 Å². The fourth-order valence-electron chi connectivity index (χ4n) is 1.74. The van der Waals surface area contributed by atoms with E-state index in [0.29, 0.717) is 25.4 Å². The standard InChI is InChI=1S/C15H25NO4/c1-4-19-12(2)9-16-10-13(17)11-20-15-7-5-6-14(8-15)18-3/h5-8,12-13,16-17H,4,9-11H2,1-3H3. The highest BCUT2D eigenvalue weighted by molar-refractivity contribution is 5.32. The fraction of sp³-hybridized carbons (Fsp3) is 0.600. The Kier molecular flexibility index (Phi) is 8.02. The van der Waals surface area contributed by atoms with E-state index < -0.39 is 6.10 Å². The summed E-state index contributed by atoms with van der Waals surface area (Å²) in [4.78, 5) is 0. The van der Waals surface area contributed by atoms with Gasteiger partial charge in [-0.25, -0.2) is 0 Å². The summed E-state index contributed by atoms with van der Waals surface area (Å²) >= 11 is 0. The Bertz CT molecular complexity index is 373. The van der Waals surface area contributed by atoms with E-state index in [0.717, 1.165) is 5.75 Å². The highest BCUT2D eigenvalue weighted by Crippen LogP contribution is 2.18. The summed E-state index contributed by atoms with van der Waals surface area (Å²) in [5.74, 6) is 1.42. The lowest BCUT2D eigenvalue weighted by Crippen LogP contribution is -2.35. The molecule has 2 atom stereocenters. The first kappa shape index (κ1) is 16.8. The van der Waals surface area contributed by atoms with Crippen LogP contribution in [0.25, 0.3) is 0 Å². The molecule has 0 radical (unpaired) electrons. The van der Waals surface area contributed by atoms with Crippen molar-refractivity contribution in [2.75, 3.05) is 33.4 Å². The third kappa shape index (κ3) is 6.75. The minimum atomic E-state index is -0.560. The monoisotopic (exact) mass is 283 g/mol. The van der Waals surface area contributed by atoms with Crippen LogP contribution in [-0.2, 0) is 4.74 Å². The molecule has 20 heavy (non-hydrogen) atoms. The van der Waals surface area contributed by atoms with E-state index in [1.165, 1.54) is 0 Å². The number of hydrogen-bond donors (Lipinski definition) is 2. The van der Waals surface area contributed by atoms with Crippen LogP contribution >= 0.6 is 0 Å². The van der Waals surface area contributed by atoms with Crippen LogP contribution < -0.4 is 14.8 Å². The molecule has 0 saturated carbocycles. The fourth-order valence-corrected chi connectivity index (χ4v) is 1.74. The molecule has 0 aromatic heterocycles. The largest absolute Gasteiger partial charge is 0.497 e. The maximum absolute atomic E-state index is 9.82. The first-order valence-electron chi connectivity index (χ1n) is 6.93. The van der Waals surface area contributed by atoms with E-state index >= 15 is 0 Å². The van der Waals surface area contributed by atoms with E-state index in [1.807, 2.05) is 32.0 Å². The summed E-state index contributed by atoms with van der Waals surface area (Å²) in [6, 6.07) is 7.32. The molecule has 0 aliphatic carbocycles. The van der Waals surface area contributed by atoms with Gasteiger partial charge >= 0.3 is 0 Å². The van der Waals surface area contributed by atoms with Crippen LogP contribution in [-0.4, -0.2) is 50.7 Å². The van der Waals surface area contributed by atoms with E-state index in [9.17, 15) is 5.11 Å². The smallest absolute Gasteiger partial charge is 0.123 e. The predicted molar refractivity (Wildman–Crippen MR) is 78.5 cm³/mol. The highest BCUT2D eigenvalue weighted by Gasteiger charge is 2.07. The highest BCUT2D eigenvalue weighted by atomic mass is 16.5. The second-order valence-corrected chi connectivity index (χ2v) is 4.57. The Morgan fingerprint density at radius 1 is 1.25 bits per heavy atom. The molecule has 1 rings (SSSR count). The molecule has 5 nitrogen and oxygen atoms in total. The zero-order valence-corrected chi connectivity index (χ0v) is 12.5. The van der Waals surface area contributed by atoms with Crippen molar-refractivity contribution in [1.29, 1.82) is 0 Å². The number of nitrogens with one attached hydrogen (secondary N) is 1. The van der Waals surface area contributed by atoms with Crippen LogP contribution in [0.5, 0.6) is 11.5 Å². The zero-order valence-electron chi connectivity index (χ0n) is 12.5. The summed E-state index contributed by atoms with van der Waals surface area (Å²) in [6.07, 6.45) is -0.415. The molecular formula is C15H25NO4. The Balaban J connectivity index is 2.20. The maximum atomic E-state index is 9.82. The second kappa shape index (κ2) is 9.58. The number of aliphatic hydroxyl groups is 1. The Labute approximate surface area is 120 Å². The Morgan fingerprint density at radius 3 is 2.70 bits per heavy atom. The average molecular weight is 283 g/mol. The minimum absolute atomic E-state index is 0.145. The molecule has 0 aliphatic rings. The number of aliphatic hydroxyl groups excluding tert-OH is 1. The van der Waals surface area contributed by atoms with Crippen LogP contribution in [0.4, 0.5) is 0 Å². The molecule has 1 aromatic rings. The van der Waals surface area contributed by atoms with Gasteiger partial charge in [-0.3, -0.25) is 0 Å². The molecule has 5 heteroatoms. The van der Waals surface area contributed by atoms with E-state index in [1.54, 1.807) is 13.2 Å². The van der Waals surface area contributed by atoms with Gasteiger partial charge < -0.3 is 24.6 Å². The van der Waals surface area contributed by atoms with Gasteiger partial charge in [0.25, 0.3) is 0 Å². The van der Waals surface area contributed by atoms with E-state index in [2.05, 4.69) is 5.32 Å². The van der Waals surface area contributed by atoms with Crippen LogP contribution in [0.15, 0.2) is 24.3 Å². The number of hydrogen-bond acceptors (Lipinski definition) is 5. The van der Waals surface area contributed by atoms with Gasteiger partial charge in [-0.15, -0.1) is 0 Å². The van der Waals surface area contributed by atoms with Crippen molar-refractivity contribution in [3.63, 3.8) is 0 Å². The topological polar surface area (TPSA) is 60.0 Å². The third-order valence-electron chi connectivity index (χ3n) is 2.75. The van der Waals surface area contributed by atoms with Gasteiger partial charge in [-0.1, -0.05) is 6.07 Å². The summed E-state index contributed by atoms with van der Waals surface area (Å²) in [6.45, 7) is 6.09. The molecule has 0 fully saturated rings. The molecular weight excluding hydrogens is 258 g/mol. The van der Waals surface area contributed by atoms with Crippen molar-refractivity contribution in [1.82, 2.24) is 5.32 Å². The Hall–Kier alpha value is -1.30. The van der Waals surface area contributed by atoms with Crippen molar-refractivity contribution in [3.8, 4) is 11.5 Å². The molecule has 114 valence electrons. The number of ether oxygens (including phenoxy) is 3. The SMILES string of the molecule is CCOC(C)CNCC(O)COc1cccc(OC)c1. The van der Waals surface area contributed by atoms with Gasteiger partial charge in [0.15, 0.2) is 0 Å². The lowest BCUT2D eigenvalue weighted by molar-refractivity contribution is 0.0671. The summed E-state index contributed by atoms with van der Waals surface area (Å²) in [7, 11) is 1.61. The lowest BCUT2D eigenvalue weighted by atomic mass is 10.3. The lowest BCUT2D eigenvalue weighted by Gasteiger charge is -2.16.